The van der Waals surface area contributed by atoms with Crippen LogP contribution in [0.4, 0.5) is 0 Å². The fourth-order valence-corrected chi connectivity index (χ4v) is 2.49. The number of carbonyl (C=O) groups is 1. The average molecular weight is 255 g/mol. The maximum atomic E-state index is 10.5. The lowest BCUT2D eigenvalue weighted by molar-refractivity contribution is -0.143. The van der Waals surface area contributed by atoms with E-state index in [0.29, 0.717) is 0 Å². The maximum Gasteiger partial charge on any atom is 0.332 e. The zero-order valence-corrected chi connectivity index (χ0v) is 10.2. The van der Waals surface area contributed by atoms with Gasteiger partial charge in [0.1, 0.15) is 0 Å². The summed E-state index contributed by atoms with van der Waals surface area (Å²) in [5.74, 6) is -0.780. The molecule has 0 radical (unpaired) electrons. The summed E-state index contributed by atoms with van der Waals surface area (Å²) in [7, 11) is 0. The maximum absolute atomic E-state index is 10.5. The molecule has 0 spiro atoms. The van der Waals surface area contributed by atoms with E-state index in [-0.39, 0.29) is 12.5 Å². The van der Waals surface area contributed by atoms with Crippen molar-refractivity contribution in [2.24, 2.45) is 0 Å². The van der Waals surface area contributed by atoms with E-state index in [1.54, 1.807) is 0 Å². The van der Waals surface area contributed by atoms with Crippen molar-refractivity contribution in [2.75, 3.05) is 6.61 Å². The van der Waals surface area contributed by atoms with Crippen molar-refractivity contribution in [1.29, 1.82) is 0 Å². The van der Waals surface area contributed by atoms with Gasteiger partial charge in [-0.05, 0) is 11.1 Å². The highest BCUT2D eigenvalue weighted by Gasteiger charge is 2.29. The summed E-state index contributed by atoms with van der Waals surface area (Å²) in [4.78, 5) is 15.5. The van der Waals surface area contributed by atoms with Gasteiger partial charge in [-0.2, -0.15) is 0 Å². The molecule has 4 nitrogen and oxygen atoms in total. The lowest BCUT2D eigenvalue weighted by atomic mass is 9.92. The summed E-state index contributed by atoms with van der Waals surface area (Å²) in [5, 5.41) is 8.61. The Balaban J connectivity index is 1.93. The van der Waals surface area contributed by atoms with Gasteiger partial charge in [-0.15, -0.1) is 0 Å². The number of hydrogen-bond donors (Lipinski definition) is 2. The van der Waals surface area contributed by atoms with Gasteiger partial charge in [0.25, 0.3) is 0 Å². The molecule has 2 N–H and O–H groups in total. The van der Waals surface area contributed by atoms with Crippen LogP contribution in [0.2, 0.25) is 0 Å². The minimum Gasteiger partial charge on any atom is -0.479 e. The molecule has 96 valence electrons. The molecule has 2 aliphatic rings. The molecule has 0 amide bonds. The molecule has 0 heterocycles. The highest BCUT2D eigenvalue weighted by molar-refractivity contribution is 5.80. The normalized spacial score (nSPS) is 19.3. The standard InChI is InChI=1S/C15H13NO3/c17-14(18)9-19-16-15-12-7-3-1-5-10(12)11-6-2-4-8-13(11)15/h1-8,10,16H,9H2,(H,17,18)/t10-/m1/s1. The average Bonchev–Trinajstić information content (AvgIpc) is 2.74. The fraction of sp³-hybridized carbons (Fsp3) is 0.133. The first-order valence-electron chi connectivity index (χ1n) is 6.05. The second-order valence-electron chi connectivity index (χ2n) is 4.42. The second-order valence-corrected chi connectivity index (χ2v) is 4.42. The summed E-state index contributed by atoms with van der Waals surface area (Å²) in [6.07, 6.45) is 8.14. The van der Waals surface area contributed by atoms with Crippen molar-refractivity contribution in [1.82, 2.24) is 5.48 Å². The van der Waals surface area contributed by atoms with E-state index in [1.807, 2.05) is 36.4 Å². The Hall–Kier alpha value is -2.33. The lowest BCUT2D eigenvalue weighted by Crippen LogP contribution is -2.18. The highest BCUT2D eigenvalue weighted by atomic mass is 16.7. The van der Waals surface area contributed by atoms with Crippen LogP contribution in [0.25, 0.3) is 5.70 Å². The van der Waals surface area contributed by atoms with Crippen molar-refractivity contribution in [3.63, 3.8) is 0 Å². The molecule has 2 aliphatic carbocycles. The van der Waals surface area contributed by atoms with E-state index >= 15 is 0 Å². The number of rotatable bonds is 4. The van der Waals surface area contributed by atoms with E-state index < -0.39 is 5.97 Å². The number of fused-ring (bicyclic) bond motifs is 3. The van der Waals surface area contributed by atoms with Crippen LogP contribution in [0.15, 0.2) is 54.1 Å². The monoisotopic (exact) mass is 255 g/mol. The van der Waals surface area contributed by atoms with Gasteiger partial charge in [-0.1, -0.05) is 48.6 Å². The first-order valence-corrected chi connectivity index (χ1v) is 6.05. The quantitative estimate of drug-likeness (QED) is 0.810. The molecule has 0 bridgehead atoms. The van der Waals surface area contributed by atoms with Crippen molar-refractivity contribution in [3.8, 4) is 0 Å². The molecular formula is C15H13NO3. The third-order valence-corrected chi connectivity index (χ3v) is 3.25. The van der Waals surface area contributed by atoms with Crippen LogP contribution in [0.1, 0.15) is 17.0 Å². The molecule has 0 fully saturated rings. The summed E-state index contributed by atoms with van der Waals surface area (Å²) in [6, 6.07) is 8.05. The fourth-order valence-electron chi connectivity index (χ4n) is 2.49. The Labute approximate surface area is 110 Å². The van der Waals surface area contributed by atoms with Gasteiger partial charge < -0.3 is 5.11 Å². The number of aliphatic carboxylic acids is 1. The first kappa shape index (κ1) is 11.7. The number of nitrogens with one attached hydrogen (secondary N) is 1. The SMILES string of the molecule is O=C(O)CONC1=C2C=CC=C[C@@H]2c2ccccc21. The molecule has 3 rings (SSSR count). The molecule has 1 aromatic carbocycles. The van der Waals surface area contributed by atoms with Crippen molar-refractivity contribution in [3.05, 3.63) is 65.3 Å². The van der Waals surface area contributed by atoms with Crippen LogP contribution >= 0.6 is 0 Å². The molecule has 0 aliphatic heterocycles. The van der Waals surface area contributed by atoms with Crippen molar-refractivity contribution in [2.45, 2.75) is 5.92 Å². The van der Waals surface area contributed by atoms with Crippen LogP contribution in [0.3, 0.4) is 0 Å². The number of benzene rings is 1. The molecule has 4 heteroatoms. The van der Waals surface area contributed by atoms with Crippen molar-refractivity contribution < 1.29 is 14.7 Å². The Morgan fingerprint density at radius 2 is 2.16 bits per heavy atom. The van der Waals surface area contributed by atoms with Crippen LogP contribution < -0.4 is 5.48 Å². The minimum atomic E-state index is -1.000. The molecule has 0 aromatic heterocycles. The summed E-state index contributed by atoms with van der Waals surface area (Å²) in [6.45, 7) is -0.372. The molecule has 1 aromatic rings. The van der Waals surface area contributed by atoms with Gasteiger partial charge in [-0.25, -0.2) is 4.79 Å². The molecule has 1 atom stereocenters. The number of allylic oxidation sites excluding steroid dienone is 5. The first-order chi connectivity index (χ1) is 9.27. The van der Waals surface area contributed by atoms with E-state index in [2.05, 4.69) is 17.6 Å². The Bertz CT molecular complexity index is 614. The Morgan fingerprint density at radius 3 is 3.00 bits per heavy atom. The lowest BCUT2D eigenvalue weighted by Gasteiger charge is -2.12. The van der Waals surface area contributed by atoms with Gasteiger partial charge in [0.15, 0.2) is 6.61 Å². The minimum absolute atomic E-state index is 0.220. The topological polar surface area (TPSA) is 58.6 Å². The smallest absolute Gasteiger partial charge is 0.332 e. The predicted octanol–water partition coefficient (Wildman–Crippen LogP) is 2.23. The van der Waals surface area contributed by atoms with Gasteiger partial charge in [0.05, 0.1) is 5.70 Å². The summed E-state index contributed by atoms with van der Waals surface area (Å²) >= 11 is 0. The third kappa shape index (κ3) is 2.06. The third-order valence-electron chi connectivity index (χ3n) is 3.25. The Kier molecular flexibility index (Phi) is 2.93. The molecule has 19 heavy (non-hydrogen) atoms. The largest absolute Gasteiger partial charge is 0.479 e. The van der Waals surface area contributed by atoms with Crippen LogP contribution in [0.5, 0.6) is 0 Å². The van der Waals surface area contributed by atoms with E-state index in [0.717, 1.165) is 16.8 Å². The van der Waals surface area contributed by atoms with E-state index in [1.165, 1.54) is 5.56 Å². The summed E-state index contributed by atoms with van der Waals surface area (Å²) < 4.78 is 0. The van der Waals surface area contributed by atoms with Gasteiger partial charge in [0, 0.05) is 11.5 Å². The van der Waals surface area contributed by atoms with Gasteiger partial charge in [0.2, 0.25) is 0 Å². The number of hydroxylamine groups is 1. The zero-order chi connectivity index (χ0) is 13.2. The predicted molar refractivity (Wildman–Crippen MR) is 71.1 cm³/mol. The Morgan fingerprint density at radius 1 is 1.32 bits per heavy atom. The van der Waals surface area contributed by atoms with Crippen molar-refractivity contribution >= 4 is 11.7 Å². The van der Waals surface area contributed by atoms with Crippen LogP contribution in [0, 0.1) is 0 Å². The molecule has 0 saturated heterocycles. The summed E-state index contributed by atoms with van der Waals surface area (Å²) in [5.41, 5.74) is 7.00. The van der Waals surface area contributed by atoms with Gasteiger partial charge in [-0.3, -0.25) is 10.3 Å². The molecule has 0 saturated carbocycles. The molecular weight excluding hydrogens is 242 g/mol. The highest BCUT2D eigenvalue weighted by Crippen LogP contribution is 2.43. The number of carboxylic acid groups (broad SMARTS) is 1. The van der Waals surface area contributed by atoms with Gasteiger partial charge >= 0.3 is 5.97 Å². The zero-order valence-electron chi connectivity index (χ0n) is 10.2. The number of carboxylic acids is 1. The van der Waals surface area contributed by atoms with E-state index in [4.69, 9.17) is 9.94 Å². The van der Waals surface area contributed by atoms with E-state index in [9.17, 15) is 4.79 Å². The molecule has 0 unspecified atom stereocenters. The van der Waals surface area contributed by atoms with Crippen LogP contribution in [-0.2, 0) is 9.63 Å². The second kappa shape index (κ2) is 4.74. The number of hydrogen-bond acceptors (Lipinski definition) is 3. The van der Waals surface area contributed by atoms with Crippen LogP contribution in [-0.4, -0.2) is 17.7 Å².